The van der Waals surface area contributed by atoms with Crippen molar-refractivity contribution in [2.45, 2.75) is 13.5 Å². The summed E-state index contributed by atoms with van der Waals surface area (Å²) in [7, 11) is 0. The molecule has 1 aromatic carbocycles. The summed E-state index contributed by atoms with van der Waals surface area (Å²) in [6.07, 6.45) is 1.34. The van der Waals surface area contributed by atoms with Crippen molar-refractivity contribution in [1.29, 1.82) is 0 Å². The summed E-state index contributed by atoms with van der Waals surface area (Å²) in [5.41, 5.74) is 3.43. The number of hydrazine groups is 1. The summed E-state index contributed by atoms with van der Waals surface area (Å²) in [4.78, 5) is 11.3. The second-order valence-electron chi connectivity index (χ2n) is 3.97. The molecule has 2 rings (SSSR count). The Bertz CT molecular complexity index is 595. The molecule has 1 amide bonds. The number of furan rings is 1. The van der Waals surface area contributed by atoms with E-state index in [1.54, 1.807) is 6.07 Å². The van der Waals surface area contributed by atoms with Crippen LogP contribution in [0.3, 0.4) is 0 Å². The molecule has 1 aromatic heterocycles. The van der Waals surface area contributed by atoms with Crippen LogP contribution in [-0.2, 0) is 6.61 Å². The Hall–Kier alpha value is -1.79. The van der Waals surface area contributed by atoms with Crippen LogP contribution in [0.15, 0.2) is 39.4 Å². The second kappa shape index (κ2) is 5.90. The number of benzene rings is 1. The molecule has 100 valence electrons. The molecule has 19 heavy (non-hydrogen) atoms. The SMILES string of the molecule is Cc1ccc(Br)cc1OCc1cc(C(=O)NN)co1. The summed E-state index contributed by atoms with van der Waals surface area (Å²) < 4.78 is 11.8. The van der Waals surface area contributed by atoms with E-state index >= 15 is 0 Å². The molecule has 0 saturated heterocycles. The molecule has 0 radical (unpaired) electrons. The van der Waals surface area contributed by atoms with Gasteiger partial charge in [0.25, 0.3) is 5.91 Å². The highest BCUT2D eigenvalue weighted by molar-refractivity contribution is 9.10. The van der Waals surface area contributed by atoms with Gasteiger partial charge in [-0.1, -0.05) is 22.0 Å². The van der Waals surface area contributed by atoms with Crippen LogP contribution < -0.4 is 16.0 Å². The number of nitrogens with one attached hydrogen (secondary N) is 1. The van der Waals surface area contributed by atoms with E-state index in [0.717, 1.165) is 15.8 Å². The smallest absolute Gasteiger partial charge is 0.268 e. The minimum absolute atomic E-state index is 0.245. The van der Waals surface area contributed by atoms with Crippen molar-refractivity contribution >= 4 is 21.8 Å². The molecule has 0 saturated carbocycles. The summed E-state index contributed by atoms with van der Waals surface area (Å²) >= 11 is 3.38. The molecular weight excluding hydrogens is 312 g/mol. The molecule has 0 aliphatic rings. The maximum Gasteiger partial charge on any atom is 0.268 e. The van der Waals surface area contributed by atoms with Gasteiger partial charge in [0.2, 0.25) is 0 Å². The number of carbonyl (C=O) groups is 1. The fourth-order valence-electron chi connectivity index (χ4n) is 1.54. The third-order valence-electron chi connectivity index (χ3n) is 2.57. The minimum atomic E-state index is -0.395. The molecule has 6 heteroatoms. The number of amides is 1. The largest absolute Gasteiger partial charge is 0.485 e. The molecule has 0 bridgehead atoms. The topological polar surface area (TPSA) is 77.5 Å². The van der Waals surface area contributed by atoms with E-state index in [9.17, 15) is 4.79 Å². The Morgan fingerprint density at radius 1 is 1.47 bits per heavy atom. The number of carbonyl (C=O) groups excluding carboxylic acids is 1. The van der Waals surface area contributed by atoms with Gasteiger partial charge in [0, 0.05) is 4.47 Å². The first-order valence-corrected chi connectivity index (χ1v) is 6.37. The fourth-order valence-corrected chi connectivity index (χ4v) is 1.88. The van der Waals surface area contributed by atoms with Gasteiger partial charge in [0.05, 0.1) is 5.56 Å². The molecule has 0 fully saturated rings. The number of ether oxygens (including phenoxy) is 1. The number of hydrogen-bond acceptors (Lipinski definition) is 4. The lowest BCUT2D eigenvalue weighted by atomic mass is 10.2. The average molecular weight is 325 g/mol. The zero-order chi connectivity index (χ0) is 13.8. The van der Waals surface area contributed by atoms with Gasteiger partial charge >= 0.3 is 0 Å². The number of hydrogen-bond donors (Lipinski definition) is 2. The molecule has 2 aromatic rings. The van der Waals surface area contributed by atoms with Crippen LogP contribution in [0.25, 0.3) is 0 Å². The molecule has 0 atom stereocenters. The van der Waals surface area contributed by atoms with Gasteiger partial charge in [0.1, 0.15) is 24.4 Å². The van der Waals surface area contributed by atoms with Crippen LogP contribution in [0.4, 0.5) is 0 Å². The Balaban J connectivity index is 2.04. The van der Waals surface area contributed by atoms with Crippen LogP contribution in [0.5, 0.6) is 5.75 Å². The lowest BCUT2D eigenvalue weighted by Crippen LogP contribution is -2.29. The predicted octanol–water partition coefficient (Wildman–Crippen LogP) is 2.53. The molecule has 1 heterocycles. The van der Waals surface area contributed by atoms with E-state index in [0.29, 0.717) is 11.3 Å². The zero-order valence-electron chi connectivity index (χ0n) is 10.3. The van der Waals surface area contributed by atoms with E-state index < -0.39 is 5.91 Å². The van der Waals surface area contributed by atoms with E-state index in [4.69, 9.17) is 15.0 Å². The second-order valence-corrected chi connectivity index (χ2v) is 4.89. The van der Waals surface area contributed by atoms with Crippen molar-refractivity contribution < 1.29 is 13.9 Å². The van der Waals surface area contributed by atoms with Crippen LogP contribution in [0.1, 0.15) is 21.7 Å². The van der Waals surface area contributed by atoms with Crippen molar-refractivity contribution in [3.8, 4) is 5.75 Å². The minimum Gasteiger partial charge on any atom is -0.485 e. The van der Waals surface area contributed by atoms with Gasteiger partial charge in [-0.05, 0) is 30.7 Å². The fraction of sp³-hybridized carbons (Fsp3) is 0.154. The standard InChI is InChI=1S/C13H13BrN2O3/c1-8-2-3-10(14)5-12(8)19-7-11-4-9(6-18-11)13(17)16-15/h2-6H,7,15H2,1H3,(H,16,17). The highest BCUT2D eigenvalue weighted by Gasteiger charge is 2.09. The Kier molecular flexibility index (Phi) is 4.24. The Morgan fingerprint density at radius 2 is 2.26 bits per heavy atom. The average Bonchev–Trinajstić information content (AvgIpc) is 2.88. The molecular formula is C13H13BrN2O3. The number of halogens is 1. The molecule has 0 aliphatic carbocycles. The van der Waals surface area contributed by atoms with Crippen LogP contribution in [0, 0.1) is 6.92 Å². The number of rotatable bonds is 4. The van der Waals surface area contributed by atoms with Crippen molar-refractivity contribution in [2.24, 2.45) is 5.84 Å². The van der Waals surface area contributed by atoms with Crippen LogP contribution in [-0.4, -0.2) is 5.91 Å². The van der Waals surface area contributed by atoms with E-state index in [-0.39, 0.29) is 6.61 Å². The summed E-state index contributed by atoms with van der Waals surface area (Å²) in [6, 6.07) is 7.37. The zero-order valence-corrected chi connectivity index (χ0v) is 11.9. The summed E-state index contributed by atoms with van der Waals surface area (Å²) in [6.45, 7) is 2.20. The molecule has 0 spiro atoms. The van der Waals surface area contributed by atoms with Gasteiger partial charge in [-0.25, -0.2) is 5.84 Å². The number of aryl methyl sites for hydroxylation is 1. The van der Waals surface area contributed by atoms with Gasteiger partial charge in [-0.15, -0.1) is 0 Å². The molecule has 5 nitrogen and oxygen atoms in total. The van der Waals surface area contributed by atoms with Crippen LogP contribution in [0.2, 0.25) is 0 Å². The Labute approximate surface area is 118 Å². The normalized spacial score (nSPS) is 10.3. The van der Waals surface area contributed by atoms with Crippen molar-refractivity contribution in [3.05, 3.63) is 51.9 Å². The first kappa shape index (κ1) is 13.6. The first-order chi connectivity index (χ1) is 9.10. The van der Waals surface area contributed by atoms with E-state index in [1.165, 1.54) is 6.26 Å². The Morgan fingerprint density at radius 3 is 3.00 bits per heavy atom. The highest BCUT2D eigenvalue weighted by atomic mass is 79.9. The number of nitrogen functional groups attached to an aromatic ring is 1. The van der Waals surface area contributed by atoms with Gasteiger partial charge in [0.15, 0.2) is 0 Å². The summed E-state index contributed by atoms with van der Waals surface area (Å²) in [5.74, 6) is 5.96. The van der Waals surface area contributed by atoms with Crippen molar-refractivity contribution in [1.82, 2.24) is 5.43 Å². The molecule has 0 unspecified atom stereocenters. The van der Waals surface area contributed by atoms with E-state index in [2.05, 4.69) is 15.9 Å². The van der Waals surface area contributed by atoms with E-state index in [1.807, 2.05) is 30.5 Å². The monoisotopic (exact) mass is 324 g/mol. The maximum atomic E-state index is 11.3. The molecule has 3 N–H and O–H groups in total. The van der Waals surface area contributed by atoms with Gasteiger partial charge < -0.3 is 9.15 Å². The van der Waals surface area contributed by atoms with Gasteiger partial charge in [-0.2, -0.15) is 0 Å². The third-order valence-corrected chi connectivity index (χ3v) is 3.06. The quantitative estimate of drug-likeness (QED) is 0.514. The maximum absolute atomic E-state index is 11.3. The number of nitrogens with two attached hydrogens (primary N) is 1. The third kappa shape index (κ3) is 3.36. The lowest BCUT2D eigenvalue weighted by Gasteiger charge is -2.07. The van der Waals surface area contributed by atoms with Crippen molar-refractivity contribution in [3.63, 3.8) is 0 Å². The van der Waals surface area contributed by atoms with Gasteiger partial charge in [-0.3, -0.25) is 10.2 Å². The first-order valence-electron chi connectivity index (χ1n) is 5.57. The molecule has 0 aliphatic heterocycles. The predicted molar refractivity (Wildman–Crippen MR) is 73.6 cm³/mol. The lowest BCUT2D eigenvalue weighted by molar-refractivity contribution is 0.0953. The van der Waals surface area contributed by atoms with Crippen molar-refractivity contribution in [2.75, 3.05) is 0 Å². The highest BCUT2D eigenvalue weighted by Crippen LogP contribution is 2.24. The van der Waals surface area contributed by atoms with Crippen LogP contribution >= 0.6 is 15.9 Å². The summed E-state index contributed by atoms with van der Waals surface area (Å²) in [5, 5.41) is 0.